The molecule has 0 saturated heterocycles. The van der Waals surface area contributed by atoms with Gasteiger partial charge in [0.2, 0.25) is 0 Å². The standard InChI is InChI=1S/C13H18FNO3/c1-15(9-7-13(17)18)8-6-12(16)10-2-4-11(14)5-3-10/h2-5,12,16H,6-9H2,1H3,(H,17,18). The number of carbonyl (C=O) groups is 1. The number of rotatable bonds is 7. The number of benzene rings is 1. The number of aliphatic hydroxyl groups excluding tert-OH is 1. The number of aliphatic carboxylic acids is 1. The maximum absolute atomic E-state index is 12.7. The van der Waals surface area contributed by atoms with Crippen LogP contribution in [0.3, 0.4) is 0 Å². The van der Waals surface area contributed by atoms with Gasteiger partial charge in [0, 0.05) is 13.1 Å². The second-order valence-electron chi connectivity index (χ2n) is 4.30. The third-order valence-electron chi connectivity index (χ3n) is 2.75. The average Bonchev–Trinajstić information content (AvgIpc) is 2.34. The van der Waals surface area contributed by atoms with Crippen LogP contribution in [-0.4, -0.2) is 41.2 Å². The summed E-state index contributed by atoms with van der Waals surface area (Å²) in [6.45, 7) is 1.04. The zero-order chi connectivity index (χ0) is 13.5. The Kier molecular flexibility index (Phi) is 5.74. The van der Waals surface area contributed by atoms with Crippen molar-refractivity contribution in [1.82, 2.24) is 4.90 Å². The van der Waals surface area contributed by atoms with Gasteiger partial charge in [0.25, 0.3) is 0 Å². The Morgan fingerprint density at radius 2 is 1.94 bits per heavy atom. The fourth-order valence-electron chi connectivity index (χ4n) is 1.59. The van der Waals surface area contributed by atoms with Gasteiger partial charge in [-0.25, -0.2) is 4.39 Å². The largest absolute Gasteiger partial charge is 0.481 e. The molecule has 0 saturated carbocycles. The van der Waals surface area contributed by atoms with Gasteiger partial charge >= 0.3 is 5.97 Å². The van der Waals surface area contributed by atoms with E-state index in [-0.39, 0.29) is 12.2 Å². The molecule has 0 fully saturated rings. The molecule has 18 heavy (non-hydrogen) atoms. The zero-order valence-corrected chi connectivity index (χ0v) is 10.3. The molecule has 1 rings (SSSR count). The minimum atomic E-state index is -0.832. The van der Waals surface area contributed by atoms with Crippen molar-refractivity contribution in [1.29, 1.82) is 0 Å². The molecule has 0 aliphatic heterocycles. The molecule has 4 nitrogen and oxygen atoms in total. The normalized spacial score (nSPS) is 12.7. The fourth-order valence-corrected chi connectivity index (χ4v) is 1.59. The molecule has 1 aromatic rings. The number of nitrogens with zero attached hydrogens (tertiary/aromatic N) is 1. The van der Waals surface area contributed by atoms with Crippen LogP contribution in [-0.2, 0) is 4.79 Å². The first-order valence-corrected chi connectivity index (χ1v) is 5.83. The highest BCUT2D eigenvalue weighted by Gasteiger charge is 2.09. The van der Waals surface area contributed by atoms with Crippen molar-refractivity contribution in [2.24, 2.45) is 0 Å². The third-order valence-corrected chi connectivity index (χ3v) is 2.75. The lowest BCUT2D eigenvalue weighted by Crippen LogP contribution is -2.24. The number of aliphatic hydroxyl groups is 1. The first kappa shape index (κ1) is 14.6. The van der Waals surface area contributed by atoms with Crippen LogP contribution in [0.15, 0.2) is 24.3 Å². The Bertz CT molecular complexity index is 380. The molecular weight excluding hydrogens is 237 g/mol. The highest BCUT2D eigenvalue weighted by molar-refractivity contribution is 5.66. The van der Waals surface area contributed by atoms with E-state index in [1.54, 1.807) is 19.2 Å². The van der Waals surface area contributed by atoms with Gasteiger partial charge in [0.05, 0.1) is 12.5 Å². The highest BCUT2D eigenvalue weighted by atomic mass is 19.1. The van der Waals surface area contributed by atoms with Crippen molar-refractivity contribution in [3.8, 4) is 0 Å². The topological polar surface area (TPSA) is 60.8 Å². The lowest BCUT2D eigenvalue weighted by Gasteiger charge is -2.18. The molecule has 1 unspecified atom stereocenters. The highest BCUT2D eigenvalue weighted by Crippen LogP contribution is 2.17. The number of hydrogen-bond acceptors (Lipinski definition) is 3. The predicted molar refractivity (Wildman–Crippen MR) is 65.7 cm³/mol. The van der Waals surface area contributed by atoms with E-state index in [2.05, 4.69) is 0 Å². The van der Waals surface area contributed by atoms with Gasteiger partial charge in [0.1, 0.15) is 5.82 Å². The van der Waals surface area contributed by atoms with Crippen LogP contribution in [0.1, 0.15) is 24.5 Å². The Morgan fingerprint density at radius 3 is 2.50 bits per heavy atom. The van der Waals surface area contributed by atoms with Gasteiger partial charge in [-0.1, -0.05) is 12.1 Å². The van der Waals surface area contributed by atoms with Gasteiger partial charge < -0.3 is 15.1 Å². The van der Waals surface area contributed by atoms with Crippen LogP contribution in [0.5, 0.6) is 0 Å². The molecule has 100 valence electrons. The summed E-state index contributed by atoms with van der Waals surface area (Å²) in [7, 11) is 1.81. The fraction of sp³-hybridized carbons (Fsp3) is 0.462. The van der Waals surface area contributed by atoms with Gasteiger partial charge in [-0.3, -0.25) is 4.79 Å². The molecule has 1 atom stereocenters. The molecule has 0 aliphatic rings. The maximum Gasteiger partial charge on any atom is 0.304 e. The Morgan fingerprint density at radius 1 is 1.33 bits per heavy atom. The molecule has 0 spiro atoms. The second-order valence-corrected chi connectivity index (χ2v) is 4.30. The summed E-state index contributed by atoms with van der Waals surface area (Å²) in [5.74, 6) is -1.16. The monoisotopic (exact) mass is 255 g/mol. The van der Waals surface area contributed by atoms with E-state index in [4.69, 9.17) is 5.11 Å². The van der Waals surface area contributed by atoms with Crippen molar-refractivity contribution in [2.75, 3.05) is 20.1 Å². The first-order chi connectivity index (χ1) is 8.49. The van der Waals surface area contributed by atoms with Crippen LogP contribution in [0.4, 0.5) is 4.39 Å². The van der Waals surface area contributed by atoms with Crippen LogP contribution in [0.2, 0.25) is 0 Å². The average molecular weight is 255 g/mol. The molecule has 0 aliphatic carbocycles. The van der Waals surface area contributed by atoms with Gasteiger partial charge in [-0.2, -0.15) is 0 Å². The number of carboxylic acids is 1. The second kappa shape index (κ2) is 7.08. The lowest BCUT2D eigenvalue weighted by atomic mass is 10.1. The van der Waals surface area contributed by atoms with Crippen molar-refractivity contribution in [2.45, 2.75) is 18.9 Å². The van der Waals surface area contributed by atoms with Gasteiger partial charge in [-0.05, 0) is 31.2 Å². The van der Waals surface area contributed by atoms with Crippen molar-refractivity contribution < 1.29 is 19.4 Å². The molecule has 2 N–H and O–H groups in total. The van der Waals surface area contributed by atoms with E-state index in [1.807, 2.05) is 4.90 Å². The zero-order valence-electron chi connectivity index (χ0n) is 10.3. The SMILES string of the molecule is CN(CCC(=O)O)CCC(O)c1ccc(F)cc1. The van der Waals surface area contributed by atoms with E-state index in [0.29, 0.717) is 25.1 Å². The Labute approximate surface area is 106 Å². The molecule has 1 aromatic carbocycles. The van der Waals surface area contributed by atoms with Crippen LogP contribution < -0.4 is 0 Å². The number of hydrogen-bond donors (Lipinski definition) is 2. The van der Waals surface area contributed by atoms with Gasteiger partial charge in [-0.15, -0.1) is 0 Å². The van der Waals surface area contributed by atoms with E-state index in [0.717, 1.165) is 0 Å². The summed E-state index contributed by atoms with van der Waals surface area (Å²) >= 11 is 0. The predicted octanol–water partition coefficient (Wildman–Crippen LogP) is 1.66. The smallest absolute Gasteiger partial charge is 0.304 e. The van der Waals surface area contributed by atoms with E-state index in [1.165, 1.54) is 12.1 Å². The first-order valence-electron chi connectivity index (χ1n) is 5.83. The summed E-state index contributed by atoms with van der Waals surface area (Å²) in [5.41, 5.74) is 0.669. The number of halogens is 1. The summed E-state index contributed by atoms with van der Waals surface area (Å²) in [6.07, 6.45) is -0.0804. The molecule has 0 aromatic heterocycles. The minimum absolute atomic E-state index is 0.0865. The number of carboxylic acid groups (broad SMARTS) is 1. The quantitative estimate of drug-likeness (QED) is 0.778. The molecular formula is C13H18FNO3. The van der Waals surface area contributed by atoms with Gasteiger partial charge in [0.15, 0.2) is 0 Å². The lowest BCUT2D eigenvalue weighted by molar-refractivity contribution is -0.137. The van der Waals surface area contributed by atoms with E-state index in [9.17, 15) is 14.3 Å². The van der Waals surface area contributed by atoms with E-state index < -0.39 is 12.1 Å². The van der Waals surface area contributed by atoms with Crippen LogP contribution >= 0.6 is 0 Å². The van der Waals surface area contributed by atoms with E-state index >= 15 is 0 Å². The third kappa shape index (κ3) is 5.25. The Hall–Kier alpha value is -1.46. The minimum Gasteiger partial charge on any atom is -0.481 e. The van der Waals surface area contributed by atoms with Crippen LogP contribution in [0.25, 0.3) is 0 Å². The summed E-state index contributed by atoms with van der Waals surface area (Å²) in [6, 6.07) is 5.73. The summed E-state index contributed by atoms with van der Waals surface area (Å²) in [5, 5.41) is 18.4. The molecule has 0 heterocycles. The Balaban J connectivity index is 2.34. The maximum atomic E-state index is 12.7. The summed E-state index contributed by atoms with van der Waals surface area (Å²) in [4.78, 5) is 12.2. The molecule has 5 heteroatoms. The molecule has 0 bridgehead atoms. The molecule has 0 radical (unpaired) electrons. The summed E-state index contributed by atoms with van der Waals surface area (Å²) < 4.78 is 12.7. The van der Waals surface area contributed by atoms with Crippen LogP contribution in [0, 0.1) is 5.82 Å². The van der Waals surface area contributed by atoms with Crippen molar-refractivity contribution in [3.63, 3.8) is 0 Å². The molecule has 0 amide bonds. The van der Waals surface area contributed by atoms with Crippen molar-refractivity contribution in [3.05, 3.63) is 35.6 Å². The van der Waals surface area contributed by atoms with Crippen molar-refractivity contribution >= 4 is 5.97 Å².